The largest absolute Gasteiger partial charge is 0.497 e. The molecule has 5 heteroatoms. The molecule has 0 radical (unpaired) electrons. The van der Waals surface area contributed by atoms with Gasteiger partial charge in [0.25, 0.3) is 0 Å². The van der Waals surface area contributed by atoms with E-state index in [1.807, 2.05) is 45.9 Å². The molecule has 0 aliphatic heterocycles. The smallest absolute Gasteiger partial charge is 0.415 e. The van der Waals surface area contributed by atoms with Crippen LogP contribution in [0.25, 0.3) is 0 Å². The van der Waals surface area contributed by atoms with Crippen molar-refractivity contribution in [2.75, 3.05) is 7.11 Å². The van der Waals surface area contributed by atoms with Crippen molar-refractivity contribution >= 4 is 19.4 Å². The fourth-order valence-corrected chi connectivity index (χ4v) is 3.92. The molecule has 0 atom stereocenters. The summed E-state index contributed by atoms with van der Waals surface area (Å²) in [7, 11) is -0.0102. The molecule has 0 N–H and O–H groups in total. The van der Waals surface area contributed by atoms with Crippen molar-refractivity contribution in [1.82, 2.24) is 4.90 Å². The van der Waals surface area contributed by atoms with Crippen LogP contribution in [-0.2, 0) is 0 Å². The van der Waals surface area contributed by atoms with Gasteiger partial charge in [0, 0.05) is 12.1 Å². The second-order valence-corrected chi connectivity index (χ2v) is 12.1. The lowest BCUT2D eigenvalue weighted by Gasteiger charge is -2.30. The highest BCUT2D eigenvalue weighted by atomic mass is 28.3. The molecule has 0 heterocycles. The van der Waals surface area contributed by atoms with E-state index in [1.165, 1.54) is 0 Å². The lowest BCUT2D eigenvalue weighted by Crippen LogP contribution is -2.45. The van der Waals surface area contributed by atoms with Gasteiger partial charge in [0.15, 0.2) is 0 Å². The van der Waals surface area contributed by atoms with Gasteiger partial charge in [-0.3, -0.25) is 0 Å². The summed E-state index contributed by atoms with van der Waals surface area (Å²) in [4.78, 5) is 14.3. The molecule has 0 bridgehead atoms. The molecule has 0 saturated carbocycles. The monoisotopic (exact) mass is 323 g/mol. The van der Waals surface area contributed by atoms with Crippen LogP contribution in [0.4, 0.5) is 4.79 Å². The number of amides is 1. The zero-order valence-corrected chi connectivity index (χ0v) is 16.1. The fourth-order valence-electron chi connectivity index (χ4n) is 2.48. The van der Waals surface area contributed by atoms with E-state index < -0.39 is 8.07 Å². The highest BCUT2D eigenvalue weighted by Crippen LogP contribution is 2.21. The maximum absolute atomic E-state index is 12.5. The molecule has 1 amide bonds. The first-order valence-electron chi connectivity index (χ1n) is 7.76. The van der Waals surface area contributed by atoms with Crippen LogP contribution in [0, 0.1) is 0 Å². The maximum atomic E-state index is 12.5. The Kier molecular flexibility index (Phi) is 6.05. The van der Waals surface area contributed by atoms with E-state index in [-0.39, 0.29) is 18.2 Å². The minimum Gasteiger partial charge on any atom is -0.497 e. The third-order valence-electron chi connectivity index (χ3n) is 3.52. The Morgan fingerprint density at radius 3 is 2.05 bits per heavy atom. The molecule has 124 valence electrons. The molecular weight excluding hydrogens is 294 g/mol. The molecule has 0 spiro atoms. The van der Waals surface area contributed by atoms with Gasteiger partial charge in [-0.25, -0.2) is 4.79 Å². The van der Waals surface area contributed by atoms with Gasteiger partial charge in [0.05, 0.1) is 15.2 Å². The van der Waals surface area contributed by atoms with Crippen LogP contribution in [0.2, 0.25) is 19.6 Å². The van der Waals surface area contributed by atoms with Crippen molar-refractivity contribution in [1.29, 1.82) is 0 Å². The van der Waals surface area contributed by atoms with Gasteiger partial charge in [0.1, 0.15) is 11.5 Å². The van der Waals surface area contributed by atoms with Gasteiger partial charge in [-0.1, -0.05) is 19.6 Å². The Balaban J connectivity index is 3.14. The number of hydrogen-bond donors (Lipinski definition) is 0. The van der Waals surface area contributed by atoms with Crippen molar-refractivity contribution in [2.45, 2.75) is 59.4 Å². The number of nitrogens with zero attached hydrogens (tertiary/aromatic N) is 1. The minimum absolute atomic E-state index is 0.0982. The lowest BCUT2D eigenvalue weighted by atomic mass is 10.2. The van der Waals surface area contributed by atoms with Crippen LogP contribution in [0.5, 0.6) is 11.5 Å². The first-order valence-corrected chi connectivity index (χ1v) is 11.3. The molecule has 22 heavy (non-hydrogen) atoms. The first kappa shape index (κ1) is 18.6. The van der Waals surface area contributed by atoms with Crippen LogP contribution in [0.15, 0.2) is 18.2 Å². The second kappa shape index (κ2) is 7.18. The minimum atomic E-state index is -1.66. The molecule has 1 aromatic carbocycles. The molecule has 1 aromatic rings. The van der Waals surface area contributed by atoms with Gasteiger partial charge in [0.2, 0.25) is 0 Å². The average molecular weight is 324 g/mol. The summed E-state index contributed by atoms with van der Waals surface area (Å²) in [6.45, 7) is 14.7. The van der Waals surface area contributed by atoms with Crippen LogP contribution in [0.1, 0.15) is 27.7 Å². The lowest BCUT2D eigenvalue weighted by molar-refractivity contribution is 0.123. The van der Waals surface area contributed by atoms with Crippen molar-refractivity contribution in [3.05, 3.63) is 18.2 Å². The average Bonchev–Trinajstić information content (AvgIpc) is 2.36. The molecule has 0 aliphatic carbocycles. The molecule has 4 nitrogen and oxygen atoms in total. The number of methoxy groups -OCH3 is 1. The molecule has 0 aliphatic rings. The number of rotatable bonds is 5. The van der Waals surface area contributed by atoms with E-state index in [9.17, 15) is 4.79 Å². The van der Waals surface area contributed by atoms with Crippen molar-refractivity contribution in [3.63, 3.8) is 0 Å². The van der Waals surface area contributed by atoms with E-state index >= 15 is 0 Å². The van der Waals surface area contributed by atoms with Gasteiger partial charge in [-0.2, -0.15) is 0 Å². The van der Waals surface area contributed by atoms with Crippen molar-refractivity contribution in [3.8, 4) is 11.5 Å². The predicted molar refractivity (Wildman–Crippen MR) is 94.1 cm³/mol. The summed E-state index contributed by atoms with van der Waals surface area (Å²) < 4.78 is 11.0. The topological polar surface area (TPSA) is 38.8 Å². The highest BCUT2D eigenvalue weighted by molar-refractivity contribution is 6.89. The Labute approximate surface area is 135 Å². The van der Waals surface area contributed by atoms with Gasteiger partial charge < -0.3 is 14.4 Å². The highest BCUT2D eigenvalue weighted by Gasteiger charge is 2.27. The summed E-state index contributed by atoms with van der Waals surface area (Å²) in [6.07, 6.45) is -0.297. The van der Waals surface area contributed by atoms with E-state index in [0.29, 0.717) is 5.75 Å². The Bertz CT molecular complexity index is 513. The number of carbonyl (C=O) groups is 1. The zero-order chi connectivity index (χ0) is 17.1. The molecule has 1 rings (SSSR count). The summed E-state index contributed by atoms with van der Waals surface area (Å²) in [5.74, 6) is 1.44. The van der Waals surface area contributed by atoms with Gasteiger partial charge >= 0.3 is 6.09 Å². The number of carbonyl (C=O) groups excluding carboxylic acids is 1. The number of hydrogen-bond acceptors (Lipinski definition) is 3. The Morgan fingerprint density at radius 1 is 1.09 bits per heavy atom. The maximum Gasteiger partial charge on any atom is 0.415 e. The molecule has 0 unspecified atom stereocenters. The Morgan fingerprint density at radius 2 is 1.64 bits per heavy atom. The van der Waals surface area contributed by atoms with E-state index in [0.717, 1.165) is 10.9 Å². The van der Waals surface area contributed by atoms with Gasteiger partial charge in [-0.05, 0) is 51.1 Å². The third kappa shape index (κ3) is 4.50. The predicted octanol–water partition coefficient (Wildman–Crippen LogP) is 3.86. The number of benzene rings is 1. The third-order valence-corrected chi connectivity index (χ3v) is 5.52. The van der Waals surface area contributed by atoms with Crippen LogP contribution in [-0.4, -0.2) is 38.3 Å². The Hall–Kier alpha value is -1.49. The molecular formula is C17H29NO3Si. The van der Waals surface area contributed by atoms with E-state index in [1.54, 1.807) is 12.0 Å². The van der Waals surface area contributed by atoms with Crippen LogP contribution < -0.4 is 14.7 Å². The molecule has 0 fully saturated rings. The van der Waals surface area contributed by atoms with Crippen molar-refractivity contribution < 1.29 is 14.3 Å². The van der Waals surface area contributed by atoms with Gasteiger partial charge in [-0.15, -0.1) is 0 Å². The van der Waals surface area contributed by atoms with E-state index in [2.05, 4.69) is 19.6 Å². The summed E-state index contributed by atoms with van der Waals surface area (Å²) in [5.41, 5.74) is 0. The van der Waals surface area contributed by atoms with Crippen LogP contribution in [0.3, 0.4) is 0 Å². The summed E-state index contributed by atoms with van der Waals surface area (Å²) in [6, 6.07) is 5.86. The quantitative estimate of drug-likeness (QED) is 0.772. The number of ether oxygens (including phenoxy) is 2. The van der Waals surface area contributed by atoms with E-state index in [4.69, 9.17) is 9.47 Å². The second-order valence-electron chi connectivity index (χ2n) is 7.07. The molecule has 0 saturated heterocycles. The zero-order valence-electron chi connectivity index (χ0n) is 15.1. The standard InChI is InChI=1S/C17H29NO3Si/c1-12(2)18(13(3)4)17(19)21-15-10-9-14(20-5)11-16(15)22(6,7)8/h9-13H,1-8H3. The fraction of sp³-hybridized carbons (Fsp3) is 0.588. The normalized spacial score (nSPS) is 11.7. The van der Waals surface area contributed by atoms with Crippen molar-refractivity contribution in [2.24, 2.45) is 0 Å². The molecule has 0 aromatic heterocycles. The summed E-state index contributed by atoms with van der Waals surface area (Å²) in [5, 5.41) is 1.09. The van der Waals surface area contributed by atoms with Crippen LogP contribution >= 0.6 is 0 Å². The SMILES string of the molecule is COc1ccc(OC(=O)N(C(C)C)C(C)C)c([Si](C)(C)C)c1. The summed E-state index contributed by atoms with van der Waals surface area (Å²) >= 11 is 0. The first-order chi connectivity index (χ1) is 10.1.